The highest BCUT2D eigenvalue weighted by molar-refractivity contribution is 8.00. The predicted octanol–water partition coefficient (Wildman–Crippen LogP) is 4.32. The lowest BCUT2D eigenvalue weighted by atomic mass is 10.2. The van der Waals surface area contributed by atoms with Gasteiger partial charge in [0, 0.05) is 10.7 Å². The number of fused-ring (bicyclic) bond motifs is 1. The van der Waals surface area contributed by atoms with Gasteiger partial charge >= 0.3 is 0 Å². The first-order valence-corrected chi connectivity index (χ1v) is 9.53. The summed E-state index contributed by atoms with van der Waals surface area (Å²) in [5.74, 6) is 0.665. The highest BCUT2D eigenvalue weighted by atomic mass is 35.5. The van der Waals surface area contributed by atoms with Crippen molar-refractivity contribution in [3.63, 3.8) is 0 Å². The summed E-state index contributed by atoms with van der Waals surface area (Å²) in [6.45, 7) is 3.82. The second kappa shape index (κ2) is 7.93. The molecular formula is C19H18ClN3O2S. The Hall–Kier alpha value is -2.31. The van der Waals surface area contributed by atoms with Crippen molar-refractivity contribution in [1.82, 2.24) is 9.97 Å². The third kappa shape index (κ3) is 4.26. The maximum Gasteiger partial charge on any atom is 0.258 e. The molecule has 5 nitrogen and oxygen atoms in total. The molecule has 0 aliphatic rings. The Labute approximate surface area is 160 Å². The van der Waals surface area contributed by atoms with Gasteiger partial charge in [-0.3, -0.25) is 9.59 Å². The zero-order valence-electron chi connectivity index (χ0n) is 14.4. The molecule has 2 aromatic carbocycles. The molecular weight excluding hydrogens is 370 g/mol. The molecule has 0 aliphatic carbocycles. The van der Waals surface area contributed by atoms with Crippen LogP contribution in [0.2, 0.25) is 5.02 Å². The zero-order valence-corrected chi connectivity index (χ0v) is 15.9. The zero-order chi connectivity index (χ0) is 18.7. The van der Waals surface area contributed by atoms with E-state index in [4.69, 9.17) is 11.6 Å². The number of halogens is 1. The number of carbonyl (C=O) groups excluding carboxylic acids is 1. The summed E-state index contributed by atoms with van der Waals surface area (Å²) >= 11 is 7.47. The topological polar surface area (TPSA) is 74.8 Å². The number of aryl methyl sites for hydroxylation is 1. The van der Waals surface area contributed by atoms with Crippen molar-refractivity contribution >= 4 is 45.9 Å². The standard InChI is InChI=1S/C19H18ClN3O2S/c1-11-7-8-13(9-15(11)20)21-17(24)10-26-12(2)18-22-16-6-4-3-5-14(16)19(25)23-18/h3-9,12H,10H2,1-2H3,(H,21,24)(H,22,23,25). The number of H-pyrrole nitrogens is 1. The molecule has 3 aromatic rings. The van der Waals surface area contributed by atoms with Gasteiger partial charge in [-0.25, -0.2) is 4.98 Å². The number of para-hydroxylation sites is 1. The van der Waals surface area contributed by atoms with E-state index in [2.05, 4.69) is 15.3 Å². The Morgan fingerprint density at radius 3 is 2.85 bits per heavy atom. The van der Waals surface area contributed by atoms with Crippen molar-refractivity contribution in [1.29, 1.82) is 0 Å². The summed E-state index contributed by atoms with van der Waals surface area (Å²) in [5, 5.41) is 3.87. The lowest BCUT2D eigenvalue weighted by Crippen LogP contribution is -2.16. The molecule has 1 amide bonds. The van der Waals surface area contributed by atoms with Crippen LogP contribution in [0.25, 0.3) is 10.9 Å². The second-order valence-electron chi connectivity index (χ2n) is 5.93. The third-order valence-corrected chi connectivity index (χ3v) is 5.50. The van der Waals surface area contributed by atoms with Gasteiger partial charge in [-0.05, 0) is 43.7 Å². The van der Waals surface area contributed by atoms with E-state index in [1.165, 1.54) is 11.8 Å². The first-order valence-electron chi connectivity index (χ1n) is 8.10. The molecule has 0 saturated heterocycles. The number of hydrogen-bond donors (Lipinski definition) is 2. The Kier molecular flexibility index (Phi) is 5.64. The average Bonchev–Trinajstić information content (AvgIpc) is 2.63. The van der Waals surface area contributed by atoms with Crippen LogP contribution in [0.4, 0.5) is 5.69 Å². The van der Waals surface area contributed by atoms with E-state index in [0.717, 1.165) is 5.56 Å². The highest BCUT2D eigenvalue weighted by Crippen LogP contribution is 2.26. The number of thioether (sulfide) groups is 1. The molecule has 0 radical (unpaired) electrons. The molecule has 134 valence electrons. The number of rotatable bonds is 5. The molecule has 1 unspecified atom stereocenters. The fourth-order valence-corrected chi connectivity index (χ4v) is 3.37. The first-order chi connectivity index (χ1) is 12.4. The highest BCUT2D eigenvalue weighted by Gasteiger charge is 2.13. The predicted molar refractivity (Wildman–Crippen MR) is 108 cm³/mol. The number of anilines is 1. The molecule has 2 N–H and O–H groups in total. The number of amides is 1. The summed E-state index contributed by atoms with van der Waals surface area (Å²) in [4.78, 5) is 31.6. The summed E-state index contributed by atoms with van der Waals surface area (Å²) in [7, 11) is 0. The molecule has 0 spiro atoms. The summed E-state index contributed by atoms with van der Waals surface area (Å²) in [5.41, 5.74) is 2.10. The molecule has 0 saturated carbocycles. The van der Waals surface area contributed by atoms with E-state index in [1.807, 2.05) is 32.0 Å². The van der Waals surface area contributed by atoms with E-state index in [-0.39, 0.29) is 22.5 Å². The molecule has 0 aliphatic heterocycles. The number of hydrogen-bond acceptors (Lipinski definition) is 4. The molecule has 7 heteroatoms. The van der Waals surface area contributed by atoms with Crippen molar-refractivity contribution in [3.8, 4) is 0 Å². The van der Waals surface area contributed by atoms with Crippen molar-refractivity contribution in [2.45, 2.75) is 19.1 Å². The van der Waals surface area contributed by atoms with Gasteiger partial charge in [0.1, 0.15) is 5.82 Å². The number of aromatic nitrogens is 2. The SMILES string of the molecule is Cc1ccc(NC(=O)CSC(C)c2nc3ccccc3c(=O)[nH]2)cc1Cl. The quantitative estimate of drug-likeness (QED) is 0.683. The van der Waals surface area contributed by atoms with Gasteiger partial charge in [0.05, 0.1) is 21.9 Å². The lowest BCUT2D eigenvalue weighted by Gasteiger charge is -2.12. The lowest BCUT2D eigenvalue weighted by molar-refractivity contribution is -0.113. The Morgan fingerprint density at radius 2 is 2.08 bits per heavy atom. The summed E-state index contributed by atoms with van der Waals surface area (Å²) in [6, 6.07) is 12.6. The Bertz CT molecular complexity index is 1020. The van der Waals surface area contributed by atoms with E-state index in [1.54, 1.807) is 24.3 Å². The van der Waals surface area contributed by atoms with Crippen LogP contribution in [0.1, 0.15) is 23.6 Å². The summed E-state index contributed by atoms with van der Waals surface area (Å²) < 4.78 is 0. The van der Waals surface area contributed by atoms with Crippen LogP contribution in [0.15, 0.2) is 47.3 Å². The maximum atomic E-state index is 12.2. The smallest absolute Gasteiger partial charge is 0.258 e. The van der Waals surface area contributed by atoms with Gasteiger partial charge in [0.15, 0.2) is 0 Å². The molecule has 0 fully saturated rings. The van der Waals surface area contributed by atoms with Crippen LogP contribution in [0.5, 0.6) is 0 Å². The summed E-state index contributed by atoms with van der Waals surface area (Å²) in [6.07, 6.45) is 0. The van der Waals surface area contributed by atoms with Crippen molar-refractivity contribution in [3.05, 3.63) is 69.2 Å². The second-order valence-corrected chi connectivity index (χ2v) is 7.67. The van der Waals surface area contributed by atoms with E-state index in [9.17, 15) is 9.59 Å². The minimum Gasteiger partial charge on any atom is -0.325 e. The van der Waals surface area contributed by atoms with Gasteiger partial charge in [0.2, 0.25) is 5.91 Å². The van der Waals surface area contributed by atoms with Crippen LogP contribution >= 0.6 is 23.4 Å². The van der Waals surface area contributed by atoms with Gasteiger partial charge in [-0.2, -0.15) is 0 Å². The van der Waals surface area contributed by atoms with Crippen molar-refractivity contribution in [2.75, 3.05) is 11.1 Å². The van der Waals surface area contributed by atoms with E-state index < -0.39 is 0 Å². The minimum atomic E-state index is -0.170. The van der Waals surface area contributed by atoms with Gasteiger partial charge in [-0.15, -0.1) is 11.8 Å². The van der Waals surface area contributed by atoms with Crippen LogP contribution in [-0.4, -0.2) is 21.6 Å². The molecule has 0 bridgehead atoms. The number of nitrogens with zero attached hydrogens (tertiary/aromatic N) is 1. The fraction of sp³-hybridized carbons (Fsp3) is 0.211. The normalized spacial score (nSPS) is 12.1. The minimum absolute atomic E-state index is 0.125. The van der Waals surface area contributed by atoms with Crippen LogP contribution < -0.4 is 10.9 Å². The molecule has 26 heavy (non-hydrogen) atoms. The fourth-order valence-electron chi connectivity index (χ4n) is 2.44. The average molecular weight is 388 g/mol. The third-order valence-electron chi connectivity index (χ3n) is 3.94. The monoisotopic (exact) mass is 387 g/mol. The van der Waals surface area contributed by atoms with E-state index >= 15 is 0 Å². The molecule has 1 aromatic heterocycles. The molecule has 1 atom stereocenters. The van der Waals surface area contributed by atoms with Gasteiger partial charge in [-0.1, -0.05) is 29.8 Å². The van der Waals surface area contributed by atoms with Crippen LogP contribution in [-0.2, 0) is 4.79 Å². The van der Waals surface area contributed by atoms with Crippen molar-refractivity contribution in [2.24, 2.45) is 0 Å². The number of nitrogens with one attached hydrogen (secondary N) is 2. The van der Waals surface area contributed by atoms with Gasteiger partial charge < -0.3 is 10.3 Å². The number of aromatic amines is 1. The first kappa shape index (κ1) is 18.5. The van der Waals surface area contributed by atoms with Crippen molar-refractivity contribution < 1.29 is 4.79 Å². The van der Waals surface area contributed by atoms with Gasteiger partial charge in [0.25, 0.3) is 5.56 Å². The van der Waals surface area contributed by atoms with Crippen LogP contribution in [0, 0.1) is 6.92 Å². The largest absolute Gasteiger partial charge is 0.325 e. The maximum absolute atomic E-state index is 12.2. The molecule has 1 heterocycles. The number of benzene rings is 2. The molecule has 3 rings (SSSR count). The Morgan fingerprint density at radius 1 is 1.31 bits per heavy atom. The van der Waals surface area contributed by atoms with Crippen LogP contribution in [0.3, 0.4) is 0 Å². The Balaban J connectivity index is 1.64. The van der Waals surface area contributed by atoms with E-state index in [0.29, 0.717) is 27.4 Å². The number of carbonyl (C=O) groups is 1.